The summed E-state index contributed by atoms with van der Waals surface area (Å²) in [5.74, 6) is 1.76. The number of piperidine rings is 1. The van der Waals surface area contributed by atoms with Crippen LogP contribution in [0.4, 0.5) is 0 Å². The number of likely N-dealkylation sites (tertiary alicyclic amines) is 1. The standard InChI is InChI=1S/C17H34N2O/c1-4-9-18-17(13-20)8-5-16(12-17)19-10-6-15(7-11-19)14(2)3/h14-16,18,20H,4-13H2,1-3H3. The first-order chi connectivity index (χ1) is 9.60. The normalized spacial score (nSPS) is 33.1. The first-order valence-electron chi connectivity index (χ1n) is 8.70. The number of nitrogens with zero attached hydrogens (tertiary/aromatic N) is 1. The number of aliphatic hydroxyl groups excluding tert-OH is 1. The van der Waals surface area contributed by atoms with E-state index in [0.717, 1.165) is 37.6 Å². The largest absolute Gasteiger partial charge is 0.394 e. The molecule has 2 rings (SSSR count). The summed E-state index contributed by atoms with van der Waals surface area (Å²) in [5, 5.41) is 13.4. The molecule has 0 aromatic heterocycles. The lowest BCUT2D eigenvalue weighted by Gasteiger charge is -2.38. The number of nitrogens with one attached hydrogen (secondary N) is 1. The lowest BCUT2D eigenvalue weighted by atomic mass is 9.86. The number of aliphatic hydroxyl groups is 1. The van der Waals surface area contributed by atoms with E-state index in [-0.39, 0.29) is 5.54 Å². The minimum absolute atomic E-state index is 0.00950. The van der Waals surface area contributed by atoms with Crippen molar-refractivity contribution in [2.45, 2.75) is 70.9 Å². The molecule has 3 nitrogen and oxygen atoms in total. The second-order valence-corrected chi connectivity index (χ2v) is 7.38. The van der Waals surface area contributed by atoms with Gasteiger partial charge in [0.1, 0.15) is 0 Å². The van der Waals surface area contributed by atoms with Crippen molar-refractivity contribution >= 4 is 0 Å². The van der Waals surface area contributed by atoms with E-state index in [1.165, 1.54) is 32.4 Å². The summed E-state index contributed by atoms with van der Waals surface area (Å²) in [4.78, 5) is 2.70. The maximum Gasteiger partial charge on any atom is 0.0613 e. The molecule has 20 heavy (non-hydrogen) atoms. The second kappa shape index (κ2) is 7.24. The molecule has 1 aliphatic carbocycles. The Kier molecular flexibility index (Phi) is 5.88. The fraction of sp³-hybridized carbons (Fsp3) is 1.00. The number of rotatable bonds is 6. The van der Waals surface area contributed by atoms with Crippen LogP contribution in [-0.4, -0.2) is 47.8 Å². The van der Waals surface area contributed by atoms with Crippen LogP contribution in [0.1, 0.15) is 59.3 Å². The maximum atomic E-state index is 9.79. The van der Waals surface area contributed by atoms with E-state index < -0.39 is 0 Å². The molecule has 118 valence electrons. The van der Waals surface area contributed by atoms with Crippen molar-refractivity contribution in [3.8, 4) is 0 Å². The van der Waals surface area contributed by atoms with Gasteiger partial charge < -0.3 is 15.3 Å². The van der Waals surface area contributed by atoms with Crippen molar-refractivity contribution in [2.75, 3.05) is 26.2 Å². The van der Waals surface area contributed by atoms with Crippen LogP contribution in [0, 0.1) is 11.8 Å². The van der Waals surface area contributed by atoms with Crippen LogP contribution in [0.2, 0.25) is 0 Å². The van der Waals surface area contributed by atoms with Gasteiger partial charge in [0.2, 0.25) is 0 Å². The Labute approximate surface area is 125 Å². The van der Waals surface area contributed by atoms with E-state index in [1.54, 1.807) is 0 Å². The minimum Gasteiger partial charge on any atom is -0.394 e. The van der Waals surface area contributed by atoms with Gasteiger partial charge in [-0.3, -0.25) is 0 Å². The second-order valence-electron chi connectivity index (χ2n) is 7.38. The highest BCUT2D eigenvalue weighted by atomic mass is 16.3. The molecule has 0 spiro atoms. The van der Waals surface area contributed by atoms with Gasteiger partial charge in [-0.1, -0.05) is 20.8 Å². The first-order valence-corrected chi connectivity index (χ1v) is 8.70. The third kappa shape index (κ3) is 3.75. The van der Waals surface area contributed by atoms with E-state index in [1.807, 2.05) is 0 Å². The molecule has 0 aromatic rings. The molecule has 2 fully saturated rings. The molecule has 0 radical (unpaired) electrons. The highest BCUT2D eigenvalue weighted by Gasteiger charge is 2.41. The summed E-state index contributed by atoms with van der Waals surface area (Å²) in [6.45, 7) is 10.8. The summed E-state index contributed by atoms with van der Waals surface area (Å²) in [6.07, 6.45) is 7.40. The van der Waals surface area contributed by atoms with E-state index >= 15 is 0 Å². The van der Waals surface area contributed by atoms with Crippen molar-refractivity contribution in [3.63, 3.8) is 0 Å². The van der Waals surface area contributed by atoms with Gasteiger partial charge in [-0.15, -0.1) is 0 Å². The van der Waals surface area contributed by atoms with E-state index in [4.69, 9.17) is 0 Å². The lowest BCUT2D eigenvalue weighted by molar-refractivity contribution is 0.102. The van der Waals surface area contributed by atoms with Gasteiger partial charge in [0, 0.05) is 11.6 Å². The average molecular weight is 282 g/mol. The van der Waals surface area contributed by atoms with Crippen LogP contribution in [0.15, 0.2) is 0 Å². The molecule has 1 saturated heterocycles. The van der Waals surface area contributed by atoms with Gasteiger partial charge in [-0.2, -0.15) is 0 Å². The molecule has 1 aliphatic heterocycles. The van der Waals surface area contributed by atoms with Crippen LogP contribution in [-0.2, 0) is 0 Å². The van der Waals surface area contributed by atoms with Crippen LogP contribution in [0.25, 0.3) is 0 Å². The van der Waals surface area contributed by atoms with E-state index in [0.29, 0.717) is 12.6 Å². The van der Waals surface area contributed by atoms with Crippen LogP contribution < -0.4 is 5.32 Å². The Morgan fingerprint density at radius 1 is 1.25 bits per heavy atom. The molecule has 1 heterocycles. The predicted octanol–water partition coefficient (Wildman–Crippen LogP) is 2.64. The molecule has 0 bridgehead atoms. The van der Waals surface area contributed by atoms with Crippen LogP contribution in [0.3, 0.4) is 0 Å². The van der Waals surface area contributed by atoms with Crippen LogP contribution >= 0.6 is 0 Å². The summed E-state index contributed by atoms with van der Waals surface area (Å²) in [6, 6.07) is 0.694. The summed E-state index contributed by atoms with van der Waals surface area (Å²) >= 11 is 0. The predicted molar refractivity (Wildman–Crippen MR) is 84.9 cm³/mol. The summed E-state index contributed by atoms with van der Waals surface area (Å²) in [5.41, 5.74) is 0.00950. The Morgan fingerprint density at radius 2 is 1.95 bits per heavy atom. The highest BCUT2D eigenvalue weighted by Crippen LogP contribution is 2.35. The summed E-state index contributed by atoms with van der Waals surface area (Å²) < 4.78 is 0. The van der Waals surface area contributed by atoms with Gasteiger partial charge in [0.25, 0.3) is 0 Å². The molecular weight excluding hydrogens is 248 g/mol. The Bertz CT molecular complexity index is 287. The van der Waals surface area contributed by atoms with E-state index in [9.17, 15) is 5.11 Å². The average Bonchev–Trinajstić information content (AvgIpc) is 2.90. The fourth-order valence-corrected chi connectivity index (χ4v) is 4.11. The molecule has 2 N–H and O–H groups in total. The zero-order valence-corrected chi connectivity index (χ0v) is 13.7. The lowest BCUT2D eigenvalue weighted by Crippen LogP contribution is -2.49. The Balaban J connectivity index is 1.83. The fourth-order valence-electron chi connectivity index (χ4n) is 4.11. The van der Waals surface area contributed by atoms with Gasteiger partial charge in [0.15, 0.2) is 0 Å². The molecule has 1 saturated carbocycles. The topological polar surface area (TPSA) is 35.5 Å². The molecule has 0 aromatic carbocycles. The number of hydrogen-bond acceptors (Lipinski definition) is 3. The van der Waals surface area contributed by atoms with E-state index in [2.05, 4.69) is 31.0 Å². The SMILES string of the molecule is CCCNC1(CO)CCC(N2CCC(C(C)C)CC2)C1. The van der Waals surface area contributed by atoms with Gasteiger partial charge in [-0.25, -0.2) is 0 Å². The van der Waals surface area contributed by atoms with Gasteiger partial charge >= 0.3 is 0 Å². The molecular formula is C17H34N2O. The van der Waals surface area contributed by atoms with Crippen molar-refractivity contribution in [1.82, 2.24) is 10.2 Å². The van der Waals surface area contributed by atoms with Crippen molar-refractivity contribution in [2.24, 2.45) is 11.8 Å². The number of hydrogen-bond donors (Lipinski definition) is 2. The van der Waals surface area contributed by atoms with Gasteiger partial charge in [-0.05, 0) is 70.0 Å². The molecule has 3 heteroatoms. The monoisotopic (exact) mass is 282 g/mol. The molecule has 2 unspecified atom stereocenters. The quantitative estimate of drug-likeness (QED) is 0.786. The summed E-state index contributed by atoms with van der Waals surface area (Å²) in [7, 11) is 0. The zero-order valence-electron chi connectivity index (χ0n) is 13.7. The van der Waals surface area contributed by atoms with Gasteiger partial charge in [0.05, 0.1) is 6.61 Å². The van der Waals surface area contributed by atoms with Crippen LogP contribution in [0.5, 0.6) is 0 Å². The molecule has 2 atom stereocenters. The zero-order chi connectivity index (χ0) is 14.6. The molecule has 0 amide bonds. The maximum absolute atomic E-state index is 9.79. The van der Waals surface area contributed by atoms with Crippen molar-refractivity contribution in [1.29, 1.82) is 0 Å². The highest BCUT2D eigenvalue weighted by molar-refractivity contribution is 5.00. The smallest absolute Gasteiger partial charge is 0.0613 e. The third-order valence-corrected chi connectivity index (χ3v) is 5.67. The first kappa shape index (κ1) is 16.3. The Hall–Kier alpha value is -0.120. The third-order valence-electron chi connectivity index (χ3n) is 5.67. The van der Waals surface area contributed by atoms with Crippen molar-refractivity contribution < 1.29 is 5.11 Å². The van der Waals surface area contributed by atoms with Crippen molar-refractivity contribution in [3.05, 3.63) is 0 Å². The minimum atomic E-state index is 0.00950. The molecule has 2 aliphatic rings. The Morgan fingerprint density at radius 3 is 2.50 bits per heavy atom.